The molecule has 36 heavy (non-hydrogen) atoms. The number of urea groups is 1. The molecule has 1 aromatic carbocycles. The molecular weight excluding hydrogens is 478 g/mol. The standard InChI is InChI=1S/C26H31N5O4S/c1-27-24(34)28-18-4-5-19-16(12-18)8-10-26(19)23(33)31(25(35)29-26)14-22(32)30-13-17-9-11-36-21(17)7-6-20(30)15-2-3-15/h4-5,9,11-12,15,20,25,29,35H,2-3,6-8,10,13-14H2,1H3,(H2,27,28,34)/t20-,25?,26-/m0/s1. The highest BCUT2D eigenvalue weighted by molar-refractivity contribution is 7.10. The summed E-state index contributed by atoms with van der Waals surface area (Å²) >= 11 is 1.75. The van der Waals surface area contributed by atoms with Crippen molar-refractivity contribution in [3.63, 3.8) is 0 Å². The van der Waals surface area contributed by atoms with Crippen LogP contribution in [-0.2, 0) is 34.5 Å². The van der Waals surface area contributed by atoms with E-state index in [1.807, 2.05) is 17.0 Å². The summed E-state index contributed by atoms with van der Waals surface area (Å²) in [5.41, 5.74) is 2.51. The van der Waals surface area contributed by atoms with E-state index in [-0.39, 0.29) is 30.4 Å². The van der Waals surface area contributed by atoms with Gasteiger partial charge >= 0.3 is 6.03 Å². The van der Waals surface area contributed by atoms with Crippen molar-refractivity contribution in [2.75, 3.05) is 18.9 Å². The lowest BCUT2D eigenvalue weighted by molar-refractivity contribution is -0.147. The topological polar surface area (TPSA) is 114 Å². The summed E-state index contributed by atoms with van der Waals surface area (Å²) in [7, 11) is 1.55. The number of carbonyl (C=O) groups excluding carboxylic acids is 3. The summed E-state index contributed by atoms with van der Waals surface area (Å²) < 4.78 is 0. The summed E-state index contributed by atoms with van der Waals surface area (Å²) in [6.45, 7) is 0.419. The number of aliphatic hydroxyl groups is 1. The first kappa shape index (κ1) is 23.4. The maximum atomic E-state index is 13.7. The van der Waals surface area contributed by atoms with Crippen molar-refractivity contribution in [2.24, 2.45) is 5.92 Å². The summed E-state index contributed by atoms with van der Waals surface area (Å²) in [6.07, 6.45) is 4.10. The van der Waals surface area contributed by atoms with E-state index in [9.17, 15) is 19.5 Å². The van der Waals surface area contributed by atoms with Gasteiger partial charge in [0.25, 0.3) is 5.91 Å². The average Bonchev–Trinajstić information content (AvgIpc) is 3.50. The van der Waals surface area contributed by atoms with Gasteiger partial charge in [-0.2, -0.15) is 0 Å². The second-order valence-electron chi connectivity index (χ2n) is 10.3. The summed E-state index contributed by atoms with van der Waals surface area (Å²) in [5.74, 6) is 0.148. The lowest BCUT2D eigenvalue weighted by Crippen LogP contribution is -2.49. The SMILES string of the molecule is CNC(=O)Nc1ccc2c(c1)CC[C@]21NC(O)N(CC(=O)N2Cc3ccsc3CC[C@H]2C2CC2)C1=O. The zero-order valence-electron chi connectivity index (χ0n) is 20.3. The van der Waals surface area contributed by atoms with Gasteiger partial charge in [-0.15, -0.1) is 11.3 Å². The van der Waals surface area contributed by atoms with Gasteiger partial charge in [0.15, 0.2) is 6.35 Å². The molecule has 3 atom stereocenters. The Balaban J connectivity index is 1.22. The number of benzene rings is 1. The molecule has 0 radical (unpaired) electrons. The fourth-order valence-corrected chi connectivity index (χ4v) is 7.05. The van der Waals surface area contributed by atoms with Crippen molar-refractivity contribution in [3.8, 4) is 0 Å². The third-order valence-corrected chi connectivity index (χ3v) is 9.18. The van der Waals surface area contributed by atoms with E-state index < -0.39 is 11.9 Å². The summed E-state index contributed by atoms with van der Waals surface area (Å²) in [5, 5.41) is 21.4. The van der Waals surface area contributed by atoms with Crippen LogP contribution in [0.25, 0.3) is 0 Å². The molecule has 4 N–H and O–H groups in total. The Morgan fingerprint density at radius 2 is 2.03 bits per heavy atom. The predicted molar refractivity (Wildman–Crippen MR) is 135 cm³/mol. The highest BCUT2D eigenvalue weighted by Gasteiger charge is 2.55. The van der Waals surface area contributed by atoms with Gasteiger partial charge in [0, 0.05) is 30.2 Å². The molecule has 10 heteroatoms. The maximum Gasteiger partial charge on any atom is 0.318 e. The number of nitrogens with zero attached hydrogens (tertiary/aromatic N) is 2. The molecule has 6 rings (SSSR count). The van der Waals surface area contributed by atoms with Crippen LogP contribution in [0.2, 0.25) is 0 Å². The number of hydrogen-bond acceptors (Lipinski definition) is 6. The van der Waals surface area contributed by atoms with Gasteiger partial charge in [-0.05, 0) is 84.7 Å². The van der Waals surface area contributed by atoms with Crippen LogP contribution in [0.1, 0.15) is 47.3 Å². The lowest BCUT2D eigenvalue weighted by atomic mass is 9.91. The van der Waals surface area contributed by atoms with Gasteiger partial charge in [-0.1, -0.05) is 6.07 Å². The van der Waals surface area contributed by atoms with Crippen molar-refractivity contribution in [1.82, 2.24) is 20.4 Å². The van der Waals surface area contributed by atoms with E-state index in [4.69, 9.17) is 0 Å². The Labute approximate surface area is 213 Å². The highest BCUT2D eigenvalue weighted by Crippen LogP contribution is 2.44. The number of rotatable bonds is 4. The van der Waals surface area contributed by atoms with Crippen LogP contribution >= 0.6 is 11.3 Å². The molecule has 0 bridgehead atoms. The Morgan fingerprint density at radius 1 is 1.19 bits per heavy atom. The first-order valence-corrected chi connectivity index (χ1v) is 13.5. The third kappa shape index (κ3) is 3.88. The molecule has 9 nitrogen and oxygen atoms in total. The molecule has 190 valence electrons. The number of hydrogen-bond donors (Lipinski definition) is 4. The minimum atomic E-state index is -1.24. The fourth-order valence-electron chi connectivity index (χ4n) is 6.14. The van der Waals surface area contributed by atoms with Gasteiger partial charge in [-0.3, -0.25) is 19.8 Å². The zero-order chi connectivity index (χ0) is 25.0. The molecule has 4 amide bonds. The molecule has 1 aromatic heterocycles. The first-order chi connectivity index (χ1) is 17.4. The van der Waals surface area contributed by atoms with Crippen LogP contribution in [0.15, 0.2) is 29.6 Å². The van der Waals surface area contributed by atoms with Crippen molar-refractivity contribution >= 4 is 34.9 Å². The molecule has 2 aliphatic heterocycles. The number of aliphatic hydroxyl groups excluding tert-OH is 1. The number of anilines is 1. The van der Waals surface area contributed by atoms with Crippen LogP contribution in [0.5, 0.6) is 0 Å². The minimum absolute atomic E-state index is 0.111. The Kier molecular flexibility index (Phi) is 5.77. The van der Waals surface area contributed by atoms with E-state index in [2.05, 4.69) is 27.4 Å². The van der Waals surface area contributed by atoms with E-state index in [0.29, 0.717) is 31.0 Å². The molecule has 2 aliphatic carbocycles. The number of aryl methyl sites for hydroxylation is 2. The normalized spacial score (nSPS) is 27.1. The monoisotopic (exact) mass is 509 g/mol. The van der Waals surface area contributed by atoms with E-state index in [1.54, 1.807) is 24.5 Å². The molecule has 3 heterocycles. The van der Waals surface area contributed by atoms with Gasteiger partial charge in [0.1, 0.15) is 12.1 Å². The van der Waals surface area contributed by atoms with Gasteiger partial charge in [-0.25, -0.2) is 4.79 Å². The molecule has 1 saturated heterocycles. The quantitative estimate of drug-likeness (QED) is 0.504. The predicted octanol–water partition coefficient (Wildman–Crippen LogP) is 2.10. The van der Waals surface area contributed by atoms with Crippen molar-refractivity contribution in [3.05, 3.63) is 51.2 Å². The Hall–Kier alpha value is -2.95. The minimum Gasteiger partial charge on any atom is -0.361 e. The van der Waals surface area contributed by atoms with E-state index in [1.165, 1.54) is 15.3 Å². The van der Waals surface area contributed by atoms with Crippen molar-refractivity contribution < 1.29 is 19.5 Å². The van der Waals surface area contributed by atoms with Crippen LogP contribution in [0.4, 0.5) is 10.5 Å². The van der Waals surface area contributed by atoms with E-state index in [0.717, 1.165) is 36.8 Å². The molecule has 2 fully saturated rings. The largest absolute Gasteiger partial charge is 0.361 e. The zero-order valence-corrected chi connectivity index (χ0v) is 21.1. The van der Waals surface area contributed by atoms with E-state index >= 15 is 0 Å². The molecule has 4 aliphatic rings. The van der Waals surface area contributed by atoms with Crippen LogP contribution in [-0.4, -0.2) is 58.7 Å². The number of fused-ring (bicyclic) bond motifs is 3. The molecule has 2 aromatic rings. The van der Waals surface area contributed by atoms with Crippen molar-refractivity contribution in [1.29, 1.82) is 0 Å². The van der Waals surface area contributed by atoms with Crippen LogP contribution < -0.4 is 16.0 Å². The second-order valence-corrected chi connectivity index (χ2v) is 11.3. The smallest absolute Gasteiger partial charge is 0.318 e. The maximum absolute atomic E-state index is 13.7. The Bertz CT molecular complexity index is 1230. The highest BCUT2D eigenvalue weighted by atomic mass is 32.1. The first-order valence-electron chi connectivity index (χ1n) is 12.6. The van der Waals surface area contributed by atoms with Gasteiger partial charge in [0.05, 0.1) is 0 Å². The average molecular weight is 510 g/mol. The lowest BCUT2D eigenvalue weighted by Gasteiger charge is -2.32. The Morgan fingerprint density at radius 3 is 2.81 bits per heavy atom. The number of amides is 4. The molecule has 1 unspecified atom stereocenters. The van der Waals surface area contributed by atoms with Gasteiger partial charge in [0.2, 0.25) is 5.91 Å². The van der Waals surface area contributed by atoms with Crippen LogP contribution in [0.3, 0.4) is 0 Å². The van der Waals surface area contributed by atoms with Crippen molar-refractivity contribution in [2.45, 2.75) is 63.0 Å². The molecular formula is C26H31N5O4S. The number of carbonyl (C=O) groups is 3. The summed E-state index contributed by atoms with van der Waals surface area (Å²) in [6, 6.07) is 7.42. The fraction of sp³-hybridized carbons (Fsp3) is 0.500. The number of nitrogens with one attached hydrogen (secondary N) is 3. The second kappa shape index (κ2) is 8.86. The summed E-state index contributed by atoms with van der Waals surface area (Å²) in [4.78, 5) is 43.7. The molecule has 1 spiro atoms. The molecule has 1 saturated carbocycles. The number of thiophene rings is 1. The van der Waals surface area contributed by atoms with Crippen LogP contribution in [0, 0.1) is 5.92 Å². The third-order valence-electron chi connectivity index (χ3n) is 8.15. The van der Waals surface area contributed by atoms with Gasteiger partial charge < -0.3 is 20.6 Å².